The molecule has 1 unspecified atom stereocenters. The summed E-state index contributed by atoms with van der Waals surface area (Å²) < 4.78 is 30.2. The van der Waals surface area contributed by atoms with Gasteiger partial charge in [-0.05, 0) is 42.0 Å². The highest BCUT2D eigenvalue weighted by Gasteiger charge is 2.41. The van der Waals surface area contributed by atoms with Gasteiger partial charge in [0.2, 0.25) is 9.84 Å². The first-order valence-electron chi connectivity index (χ1n) is 9.64. The maximum absolute atomic E-state index is 13.7. The van der Waals surface area contributed by atoms with E-state index in [1.54, 1.807) is 60.7 Å². The minimum Gasteiger partial charge on any atom is -0.383 e. The Balaban J connectivity index is 1.93. The highest BCUT2D eigenvalue weighted by molar-refractivity contribution is 9.10. The van der Waals surface area contributed by atoms with Crippen LogP contribution in [0.15, 0.2) is 103 Å². The zero-order valence-corrected chi connectivity index (χ0v) is 18.9. The van der Waals surface area contributed by atoms with Crippen LogP contribution in [0.4, 0.5) is 0 Å². The number of sulfone groups is 1. The van der Waals surface area contributed by atoms with E-state index in [4.69, 9.17) is 5.73 Å². The number of nitrogens with zero attached hydrogens (tertiary/aromatic N) is 2. The predicted molar refractivity (Wildman–Crippen MR) is 126 cm³/mol. The van der Waals surface area contributed by atoms with Gasteiger partial charge in [-0.25, -0.2) is 13.1 Å². The van der Waals surface area contributed by atoms with Crippen LogP contribution in [0, 0.1) is 0 Å². The highest BCUT2D eigenvalue weighted by Crippen LogP contribution is 2.39. The third-order valence-electron chi connectivity index (χ3n) is 5.48. The molecule has 2 heterocycles. The first kappa shape index (κ1) is 20.5. The SMILES string of the molecule is NC1=C(S(=O)(=O)c2ccccc2)C(c2cccc(Br)c2)n2c(=O)c3ccccc3c(=O)n21. The number of fused-ring (bicyclic) bond motifs is 2. The van der Waals surface area contributed by atoms with Crippen molar-refractivity contribution >= 4 is 42.4 Å². The molecule has 32 heavy (non-hydrogen) atoms. The van der Waals surface area contributed by atoms with Gasteiger partial charge in [-0.3, -0.25) is 9.59 Å². The Bertz CT molecular complexity index is 1650. The number of allylic oxidation sites excluding steroid dienone is 1. The van der Waals surface area contributed by atoms with Crippen LogP contribution in [-0.2, 0) is 9.84 Å². The minimum absolute atomic E-state index is 0.0244. The van der Waals surface area contributed by atoms with Gasteiger partial charge in [-0.15, -0.1) is 0 Å². The van der Waals surface area contributed by atoms with Crippen molar-refractivity contribution < 1.29 is 8.42 Å². The first-order valence-corrected chi connectivity index (χ1v) is 11.9. The lowest BCUT2D eigenvalue weighted by Gasteiger charge is -2.19. The molecule has 7 nitrogen and oxygen atoms in total. The topological polar surface area (TPSA) is 104 Å². The van der Waals surface area contributed by atoms with Crippen molar-refractivity contribution in [2.24, 2.45) is 5.73 Å². The highest BCUT2D eigenvalue weighted by atomic mass is 79.9. The molecular weight excluding hydrogens is 494 g/mol. The Hall–Kier alpha value is -3.43. The molecule has 1 aromatic heterocycles. The molecule has 9 heteroatoms. The largest absolute Gasteiger partial charge is 0.383 e. The molecule has 3 aromatic carbocycles. The third-order valence-corrected chi connectivity index (χ3v) is 7.88. The van der Waals surface area contributed by atoms with Crippen LogP contribution in [0.2, 0.25) is 0 Å². The van der Waals surface area contributed by atoms with Gasteiger partial charge in [0.25, 0.3) is 11.1 Å². The van der Waals surface area contributed by atoms with Crippen molar-refractivity contribution in [1.29, 1.82) is 0 Å². The van der Waals surface area contributed by atoms with E-state index in [-0.39, 0.29) is 26.4 Å². The number of hydrogen-bond donors (Lipinski definition) is 1. The summed E-state index contributed by atoms with van der Waals surface area (Å²) in [6.45, 7) is 0. The van der Waals surface area contributed by atoms with Gasteiger partial charge >= 0.3 is 0 Å². The van der Waals surface area contributed by atoms with Gasteiger partial charge < -0.3 is 5.73 Å². The second-order valence-electron chi connectivity index (χ2n) is 7.34. The van der Waals surface area contributed by atoms with E-state index >= 15 is 0 Å². The summed E-state index contributed by atoms with van der Waals surface area (Å²) in [5, 5.41) is 0.364. The average molecular weight is 510 g/mol. The number of hydrogen-bond acceptors (Lipinski definition) is 5. The fourth-order valence-corrected chi connectivity index (χ4v) is 6.15. The molecule has 4 aromatic rings. The van der Waals surface area contributed by atoms with Crippen LogP contribution in [0.5, 0.6) is 0 Å². The minimum atomic E-state index is -4.14. The number of benzene rings is 3. The Kier molecular flexibility index (Phi) is 4.68. The maximum Gasteiger partial charge on any atom is 0.279 e. The lowest BCUT2D eigenvalue weighted by Crippen LogP contribution is -2.38. The Morgan fingerprint density at radius 3 is 2.09 bits per heavy atom. The van der Waals surface area contributed by atoms with Crippen LogP contribution in [0.1, 0.15) is 11.6 Å². The van der Waals surface area contributed by atoms with Crippen molar-refractivity contribution in [1.82, 2.24) is 9.36 Å². The summed E-state index contributed by atoms with van der Waals surface area (Å²) in [6.07, 6.45) is 0. The smallest absolute Gasteiger partial charge is 0.279 e. The number of aromatic nitrogens is 2. The van der Waals surface area contributed by atoms with E-state index in [0.717, 1.165) is 9.36 Å². The van der Waals surface area contributed by atoms with E-state index in [2.05, 4.69) is 15.9 Å². The molecule has 5 rings (SSSR count). The first-order chi connectivity index (χ1) is 15.3. The zero-order valence-electron chi connectivity index (χ0n) is 16.5. The molecule has 0 amide bonds. The molecule has 0 spiro atoms. The fourth-order valence-electron chi connectivity index (χ4n) is 4.08. The lowest BCUT2D eigenvalue weighted by molar-refractivity contribution is 0.535. The second kappa shape index (κ2) is 7.32. The maximum atomic E-state index is 13.7. The Labute approximate surface area is 191 Å². The molecule has 1 aliphatic rings. The molecule has 0 aliphatic carbocycles. The van der Waals surface area contributed by atoms with Crippen molar-refractivity contribution in [3.05, 3.63) is 115 Å². The third kappa shape index (κ3) is 2.89. The predicted octanol–water partition coefficient (Wildman–Crippen LogP) is 3.09. The van der Waals surface area contributed by atoms with E-state index < -0.39 is 27.0 Å². The molecule has 0 saturated heterocycles. The molecule has 0 saturated carbocycles. The van der Waals surface area contributed by atoms with Crippen LogP contribution in [-0.4, -0.2) is 17.8 Å². The van der Waals surface area contributed by atoms with Crippen LogP contribution in [0.25, 0.3) is 16.6 Å². The average Bonchev–Trinajstić information content (AvgIpc) is 3.12. The Morgan fingerprint density at radius 2 is 1.44 bits per heavy atom. The summed E-state index contributed by atoms with van der Waals surface area (Å²) >= 11 is 3.40. The second-order valence-corrected chi connectivity index (χ2v) is 10.2. The van der Waals surface area contributed by atoms with Crippen LogP contribution < -0.4 is 16.9 Å². The van der Waals surface area contributed by atoms with Gasteiger partial charge in [0.15, 0.2) is 0 Å². The van der Waals surface area contributed by atoms with Gasteiger partial charge in [0.05, 0.1) is 15.7 Å². The molecule has 0 bridgehead atoms. The van der Waals surface area contributed by atoms with Crippen molar-refractivity contribution in [3.63, 3.8) is 0 Å². The number of halogens is 1. The molecule has 2 N–H and O–H groups in total. The van der Waals surface area contributed by atoms with Crippen LogP contribution in [0.3, 0.4) is 0 Å². The quantitative estimate of drug-likeness (QED) is 0.456. The molecule has 1 aliphatic heterocycles. The Morgan fingerprint density at radius 1 is 0.812 bits per heavy atom. The van der Waals surface area contributed by atoms with E-state index in [1.807, 2.05) is 0 Å². The molecule has 0 radical (unpaired) electrons. The van der Waals surface area contributed by atoms with Crippen molar-refractivity contribution in [2.75, 3.05) is 0 Å². The lowest BCUT2D eigenvalue weighted by atomic mass is 10.1. The summed E-state index contributed by atoms with van der Waals surface area (Å²) in [4.78, 5) is 26.6. The molecule has 1 atom stereocenters. The number of rotatable bonds is 3. The fraction of sp³-hybridized carbons (Fsp3) is 0.0435. The molecule has 160 valence electrons. The van der Waals surface area contributed by atoms with Crippen molar-refractivity contribution in [3.8, 4) is 0 Å². The summed E-state index contributed by atoms with van der Waals surface area (Å²) in [6, 6.07) is 20.0. The van der Waals surface area contributed by atoms with Crippen LogP contribution >= 0.6 is 15.9 Å². The molecular formula is C23H16BrN3O4S. The van der Waals surface area contributed by atoms with Crippen molar-refractivity contribution in [2.45, 2.75) is 10.9 Å². The standard InChI is InChI=1S/C23H16BrN3O4S/c24-15-8-6-7-14(13-15)19-20(32(30,31)16-9-2-1-3-10-16)21(25)27-23(29)18-12-5-4-11-17(18)22(28)26(19)27/h1-13,19H,25H2. The monoisotopic (exact) mass is 509 g/mol. The normalized spacial score (nSPS) is 15.8. The van der Waals surface area contributed by atoms with Gasteiger partial charge in [-0.2, -0.15) is 4.68 Å². The zero-order chi connectivity index (χ0) is 22.6. The summed E-state index contributed by atoms with van der Waals surface area (Å²) in [5.74, 6) is -0.285. The van der Waals surface area contributed by atoms with E-state index in [0.29, 0.717) is 10.0 Å². The van der Waals surface area contributed by atoms with E-state index in [9.17, 15) is 18.0 Å². The summed E-state index contributed by atoms with van der Waals surface area (Å²) in [7, 11) is -4.14. The summed E-state index contributed by atoms with van der Waals surface area (Å²) in [5.41, 5.74) is 5.77. The number of nitrogens with two attached hydrogens (primary N) is 1. The van der Waals surface area contributed by atoms with Gasteiger partial charge in [0.1, 0.15) is 16.8 Å². The molecule has 0 fully saturated rings. The van der Waals surface area contributed by atoms with Gasteiger partial charge in [-0.1, -0.05) is 58.4 Å². The van der Waals surface area contributed by atoms with Gasteiger partial charge in [0, 0.05) is 4.47 Å². The van der Waals surface area contributed by atoms with E-state index in [1.165, 1.54) is 18.2 Å².